The van der Waals surface area contributed by atoms with Gasteiger partial charge in [0.1, 0.15) is 0 Å². The Morgan fingerprint density at radius 3 is 2.44 bits per heavy atom. The minimum Gasteiger partial charge on any atom is -0.481 e. The Morgan fingerprint density at radius 1 is 1.44 bits per heavy atom. The third-order valence-corrected chi connectivity index (χ3v) is 2.34. The fraction of sp³-hybridized carbons (Fsp3) is 0.364. The summed E-state index contributed by atoms with van der Waals surface area (Å²) in [6, 6.07) is 2.22. The molecule has 0 unspecified atom stereocenters. The first-order valence-corrected chi connectivity index (χ1v) is 4.71. The highest BCUT2D eigenvalue weighted by Gasteiger charge is 2.28. The zero-order valence-corrected chi connectivity index (χ0v) is 9.05. The van der Waals surface area contributed by atoms with Crippen LogP contribution in [0.1, 0.15) is 19.4 Å². The SMILES string of the molecule is CC(C)(Cc1cc(N)c(F)c(F)c1)C(=O)O. The maximum Gasteiger partial charge on any atom is 0.309 e. The van der Waals surface area contributed by atoms with Crippen LogP contribution in [0.5, 0.6) is 0 Å². The summed E-state index contributed by atoms with van der Waals surface area (Å²) in [5, 5.41) is 8.90. The van der Waals surface area contributed by atoms with Crippen LogP contribution in [0.3, 0.4) is 0 Å². The van der Waals surface area contributed by atoms with E-state index < -0.39 is 23.0 Å². The van der Waals surface area contributed by atoms with Gasteiger partial charge in [0, 0.05) is 0 Å². The summed E-state index contributed by atoms with van der Waals surface area (Å²) in [7, 11) is 0. The van der Waals surface area contributed by atoms with E-state index in [2.05, 4.69) is 0 Å². The van der Waals surface area contributed by atoms with Gasteiger partial charge in [-0.15, -0.1) is 0 Å². The average Bonchev–Trinajstić information content (AvgIpc) is 2.13. The quantitative estimate of drug-likeness (QED) is 0.781. The summed E-state index contributed by atoms with van der Waals surface area (Å²) in [4.78, 5) is 10.9. The van der Waals surface area contributed by atoms with E-state index in [9.17, 15) is 13.6 Å². The van der Waals surface area contributed by atoms with E-state index in [1.807, 2.05) is 0 Å². The van der Waals surface area contributed by atoms with E-state index in [1.54, 1.807) is 0 Å². The van der Waals surface area contributed by atoms with Crippen LogP contribution in [0.25, 0.3) is 0 Å². The molecule has 0 atom stereocenters. The molecule has 3 N–H and O–H groups in total. The van der Waals surface area contributed by atoms with Crippen LogP contribution >= 0.6 is 0 Å². The van der Waals surface area contributed by atoms with Gasteiger partial charge in [-0.05, 0) is 38.0 Å². The standard InChI is InChI=1S/C11H13F2NO2/c1-11(2,10(15)16)5-6-3-7(12)9(13)8(14)4-6/h3-4H,5,14H2,1-2H3,(H,15,16). The summed E-state index contributed by atoms with van der Waals surface area (Å²) in [5.74, 6) is -3.16. The molecular formula is C11H13F2NO2. The molecule has 0 aromatic heterocycles. The third-order valence-electron chi connectivity index (χ3n) is 2.34. The van der Waals surface area contributed by atoms with Crippen molar-refractivity contribution >= 4 is 11.7 Å². The van der Waals surface area contributed by atoms with Gasteiger partial charge in [-0.25, -0.2) is 8.78 Å². The van der Waals surface area contributed by atoms with Crippen molar-refractivity contribution in [3.63, 3.8) is 0 Å². The van der Waals surface area contributed by atoms with E-state index in [4.69, 9.17) is 10.8 Å². The normalized spacial score (nSPS) is 11.5. The van der Waals surface area contributed by atoms with Crippen LogP contribution < -0.4 is 5.73 Å². The van der Waals surface area contributed by atoms with Crippen LogP contribution in [0.15, 0.2) is 12.1 Å². The molecule has 0 aliphatic heterocycles. The molecule has 16 heavy (non-hydrogen) atoms. The Kier molecular flexibility index (Phi) is 3.16. The topological polar surface area (TPSA) is 63.3 Å². The van der Waals surface area contributed by atoms with Crippen molar-refractivity contribution in [1.29, 1.82) is 0 Å². The number of hydrogen-bond acceptors (Lipinski definition) is 2. The number of anilines is 1. The molecule has 1 rings (SSSR count). The average molecular weight is 229 g/mol. The number of rotatable bonds is 3. The first-order valence-electron chi connectivity index (χ1n) is 4.71. The Hall–Kier alpha value is -1.65. The van der Waals surface area contributed by atoms with Crippen molar-refractivity contribution in [2.75, 3.05) is 5.73 Å². The van der Waals surface area contributed by atoms with Crippen molar-refractivity contribution in [2.45, 2.75) is 20.3 Å². The van der Waals surface area contributed by atoms with Gasteiger partial charge in [0.05, 0.1) is 11.1 Å². The Balaban J connectivity index is 3.04. The number of nitrogens with two attached hydrogens (primary N) is 1. The highest BCUT2D eigenvalue weighted by molar-refractivity contribution is 5.74. The van der Waals surface area contributed by atoms with Gasteiger partial charge in [0.15, 0.2) is 11.6 Å². The lowest BCUT2D eigenvalue weighted by Crippen LogP contribution is -2.26. The summed E-state index contributed by atoms with van der Waals surface area (Å²) in [5.41, 5.74) is 4.26. The predicted molar refractivity (Wildman–Crippen MR) is 55.9 cm³/mol. The number of benzene rings is 1. The second-order valence-electron chi connectivity index (χ2n) is 4.35. The van der Waals surface area contributed by atoms with Gasteiger partial charge in [-0.1, -0.05) is 0 Å². The molecule has 0 radical (unpaired) electrons. The minimum atomic E-state index is -1.10. The summed E-state index contributed by atoms with van der Waals surface area (Å²) in [6.45, 7) is 3.01. The fourth-order valence-corrected chi connectivity index (χ4v) is 1.36. The van der Waals surface area contributed by atoms with Crippen molar-refractivity contribution in [3.05, 3.63) is 29.3 Å². The molecule has 0 spiro atoms. The largest absolute Gasteiger partial charge is 0.481 e. The third kappa shape index (κ3) is 2.48. The summed E-state index contributed by atoms with van der Waals surface area (Å²) in [6.07, 6.45) is 0.0870. The molecule has 0 amide bonds. The molecule has 5 heteroatoms. The molecule has 1 aromatic carbocycles. The summed E-state index contributed by atoms with van der Waals surface area (Å²) >= 11 is 0. The van der Waals surface area contributed by atoms with Crippen LogP contribution in [-0.2, 0) is 11.2 Å². The Labute approximate surface area is 91.9 Å². The lowest BCUT2D eigenvalue weighted by Gasteiger charge is -2.19. The molecular weight excluding hydrogens is 216 g/mol. The highest BCUT2D eigenvalue weighted by atomic mass is 19.2. The molecule has 0 aliphatic carbocycles. The zero-order chi connectivity index (χ0) is 12.5. The van der Waals surface area contributed by atoms with Crippen molar-refractivity contribution in [2.24, 2.45) is 5.41 Å². The predicted octanol–water partition coefficient (Wildman–Crippen LogP) is 2.20. The van der Waals surface area contributed by atoms with E-state index in [1.165, 1.54) is 19.9 Å². The van der Waals surface area contributed by atoms with Crippen LogP contribution in [0, 0.1) is 17.0 Å². The molecule has 0 aliphatic rings. The number of nitrogen functional groups attached to an aromatic ring is 1. The molecule has 0 heterocycles. The van der Waals surface area contributed by atoms with Crippen LogP contribution in [-0.4, -0.2) is 11.1 Å². The van der Waals surface area contributed by atoms with Crippen molar-refractivity contribution in [1.82, 2.24) is 0 Å². The van der Waals surface area contributed by atoms with E-state index in [-0.39, 0.29) is 12.1 Å². The number of carbonyl (C=O) groups is 1. The van der Waals surface area contributed by atoms with Crippen LogP contribution in [0.4, 0.5) is 14.5 Å². The number of carboxylic acids is 1. The smallest absolute Gasteiger partial charge is 0.309 e. The lowest BCUT2D eigenvalue weighted by molar-refractivity contribution is -0.146. The molecule has 3 nitrogen and oxygen atoms in total. The van der Waals surface area contributed by atoms with Gasteiger partial charge in [-0.2, -0.15) is 0 Å². The Bertz CT molecular complexity index is 407. The highest BCUT2D eigenvalue weighted by Crippen LogP contribution is 2.25. The zero-order valence-electron chi connectivity index (χ0n) is 9.05. The monoisotopic (exact) mass is 229 g/mol. The second kappa shape index (κ2) is 4.08. The van der Waals surface area contributed by atoms with Crippen molar-refractivity contribution < 1.29 is 18.7 Å². The maximum atomic E-state index is 13.0. The fourth-order valence-electron chi connectivity index (χ4n) is 1.36. The molecule has 0 bridgehead atoms. The lowest BCUT2D eigenvalue weighted by atomic mass is 9.86. The molecule has 0 saturated carbocycles. The van der Waals surface area contributed by atoms with Gasteiger partial charge >= 0.3 is 5.97 Å². The number of halogens is 2. The van der Waals surface area contributed by atoms with E-state index in [0.717, 1.165) is 6.07 Å². The van der Waals surface area contributed by atoms with Gasteiger partial charge in [0.25, 0.3) is 0 Å². The Morgan fingerprint density at radius 2 is 2.00 bits per heavy atom. The summed E-state index contributed by atoms with van der Waals surface area (Å²) < 4.78 is 25.9. The van der Waals surface area contributed by atoms with Gasteiger partial charge < -0.3 is 10.8 Å². The minimum absolute atomic E-state index is 0.0870. The second-order valence-corrected chi connectivity index (χ2v) is 4.35. The number of aliphatic carboxylic acids is 1. The van der Waals surface area contributed by atoms with E-state index >= 15 is 0 Å². The van der Waals surface area contributed by atoms with Gasteiger partial charge in [-0.3, -0.25) is 4.79 Å². The number of carboxylic acid groups (broad SMARTS) is 1. The molecule has 1 aromatic rings. The van der Waals surface area contributed by atoms with Crippen molar-refractivity contribution in [3.8, 4) is 0 Å². The van der Waals surface area contributed by atoms with Gasteiger partial charge in [0.2, 0.25) is 0 Å². The maximum absolute atomic E-state index is 13.0. The molecule has 88 valence electrons. The molecule has 0 saturated heterocycles. The van der Waals surface area contributed by atoms with E-state index in [0.29, 0.717) is 5.56 Å². The van der Waals surface area contributed by atoms with Crippen LogP contribution in [0.2, 0.25) is 0 Å². The first-order chi connectivity index (χ1) is 7.24. The first kappa shape index (κ1) is 12.4. The number of hydrogen-bond donors (Lipinski definition) is 2. The molecule has 0 fully saturated rings.